The SMILES string of the molecule is CC[C@@H](Oc1ccc(C)c(C)c1)C(=O)Nc1ccc(S(=O)(=O)Nc2ccccc2Cl)cc1. The zero-order valence-corrected chi connectivity index (χ0v) is 19.6. The van der Waals surface area contributed by atoms with Crippen LogP contribution in [0.3, 0.4) is 0 Å². The maximum Gasteiger partial charge on any atom is 0.265 e. The highest BCUT2D eigenvalue weighted by Crippen LogP contribution is 2.25. The third-order valence-electron chi connectivity index (χ3n) is 4.97. The van der Waals surface area contributed by atoms with Gasteiger partial charge in [-0.1, -0.05) is 36.7 Å². The molecule has 3 aromatic rings. The lowest BCUT2D eigenvalue weighted by molar-refractivity contribution is -0.122. The molecule has 0 bridgehead atoms. The summed E-state index contributed by atoms with van der Waals surface area (Å²) in [5.41, 5.74) is 2.99. The highest BCUT2D eigenvalue weighted by Gasteiger charge is 2.20. The molecule has 0 heterocycles. The van der Waals surface area contributed by atoms with Gasteiger partial charge in [0.2, 0.25) is 0 Å². The second-order valence-electron chi connectivity index (χ2n) is 7.36. The number of para-hydroxylation sites is 1. The van der Waals surface area contributed by atoms with Crippen LogP contribution in [0.25, 0.3) is 0 Å². The van der Waals surface area contributed by atoms with Gasteiger partial charge in [0.15, 0.2) is 6.10 Å². The van der Waals surface area contributed by atoms with Gasteiger partial charge in [-0.3, -0.25) is 9.52 Å². The summed E-state index contributed by atoms with van der Waals surface area (Å²) in [5, 5.41) is 3.08. The van der Waals surface area contributed by atoms with E-state index in [2.05, 4.69) is 10.0 Å². The summed E-state index contributed by atoms with van der Waals surface area (Å²) < 4.78 is 33.6. The Bertz CT molecular complexity index is 1210. The summed E-state index contributed by atoms with van der Waals surface area (Å²) in [6, 6.07) is 18.2. The van der Waals surface area contributed by atoms with Crippen molar-refractivity contribution in [3.05, 3.63) is 82.9 Å². The molecule has 0 saturated carbocycles. The van der Waals surface area contributed by atoms with Crippen molar-refractivity contribution < 1.29 is 17.9 Å². The average molecular weight is 473 g/mol. The van der Waals surface area contributed by atoms with E-state index in [0.29, 0.717) is 28.6 Å². The van der Waals surface area contributed by atoms with Crippen LogP contribution in [0.5, 0.6) is 5.75 Å². The molecule has 0 fully saturated rings. The van der Waals surface area contributed by atoms with Crippen molar-refractivity contribution in [1.29, 1.82) is 0 Å². The van der Waals surface area contributed by atoms with Gasteiger partial charge >= 0.3 is 0 Å². The Morgan fingerprint density at radius 1 is 1.00 bits per heavy atom. The van der Waals surface area contributed by atoms with E-state index in [1.54, 1.807) is 24.3 Å². The third kappa shape index (κ3) is 5.81. The number of hydrogen-bond acceptors (Lipinski definition) is 4. The number of carbonyl (C=O) groups excluding carboxylic acids is 1. The lowest BCUT2D eigenvalue weighted by Crippen LogP contribution is -2.32. The Morgan fingerprint density at radius 2 is 1.69 bits per heavy atom. The van der Waals surface area contributed by atoms with Gasteiger partial charge in [0, 0.05) is 5.69 Å². The fourth-order valence-electron chi connectivity index (χ4n) is 2.96. The van der Waals surface area contributed by atoms with Crippen LogP contribution in [0.1, 0.15) is 24.5 Å². The van der Waals surface area contributed by atoms with E-state index in [4.69, 9.17) is 16.3 Å². The third-order valence-corrected chi connectivity index (χ3v) is 6.68. The van der Waals surface area contributed by atoms with E-state index in [1.807, 2.05) is 39.0 Å². The minimum atomic E-state index is -3.82. The molecule has 3 aromatic carbocycles. The van der Waals surface area contributed by atoms with Crippen LogP contribution in [0.15, 0.2) is 71.6 Å². The topological polar surface area (TPSA) is 84.5 Å². The Kier molecular flexibility index (Phi) is 7.43. The predicted molar refractivity (Wildman–Crippen MR) is 128 cm³/mol. The number of amides is 1. The van der Waals surface area contributed by atoms with Crippen molar-refractivity contribution in [3.8, 4) is 5.75 Å². The van der Waals surface area contributed by atoms with Crippen LogP contribution < -0.4 is 14.8 Å². The van der Waals surface area contributed by atoms with Crippen LogP contribution in [0.2, 0.25) is 5.02 Å². The zero-order valence-electron chi connectivity index (χ0n) is 18.1. The molecule has 2 N–H and O–H groups in total. The number of nitrogens with one attached hydrogen (secondary N) is 2. The number of carbonyl (C=O) groups is 1. The number of aryl methyl sites for hydroxylation is 2. The molecular weight excluding hydrogens is 448 g/mol. The fraction of sp³-hybridized carbons (Fsp3) is 0.208. The van der Waals surface area contributed by atoms with E-state index in [9.17, 15) is 13.2 Å². The van der Waals surface area contributed by atoms with Crippen LogP contribution in [-0.4, -0.2) is 20.4 Å². The molecule has 0 aliphatic carbocycles. The number of sulfonamides is 1. The first-order chi connectivity index (χ1) is 15.2. The summed E-state index contributed by atoms with van der Waals surface area (Å²) in [7, 11) is -3.82. The molecule has 1 amide bonds. The molecule has 6 nitrogen and oxygen atoms in total. The van der Waals surface area contributed by atoms with Gasteiger partial charge in [-0.25, -0.2) is 8.42 Å². The highest BCUT2D eigenvalue weighted by atomic mass is 35.5. The molecule has 0 radical (unpaired) electrons. The molecule has 0 spiro atoms. The number of ether oxygens (including phenoxy) is 1. The Balaban J connectivity index is 1.68. The van der Waals surface area contributed by atoms with Crippen LogP contribution in [0, 0.1) is 13.8 Å². The van der Waals surface area contributed by atoms with E-state index >= 15 is 0 Å². The van der Waals surface area contributed by atoms with E-state index in [1.165, 1.54) is 24.3 Å². The largest absolute Gasteiger partial charge is 0.481 e. The number of benzene rings is 3. The van der Waals surface area contributed by atoms with Crippen molar-refractivity contribution >= 4 is 38.9 Å². The lowest BCUT2D eigenvalue weighted by Gasteiger charge is -2.18. The molecule has 0 unspecified atom stereocenters. The zero-order chi connectivity index (χ0) is 23.3. The monoisotopic (exact) mass is 472 g/mol. The maximum absolute atomic E-state index is 12.7. The van der Waals surface area contributed by atoms with Gasteiger partial charge in [-0.15, -0.1) is 0 Å². The smallest absolute Gasteiger partial charge is 0.265 e. The first-order valence-corrected chi connectivity index (χ1v) is 12.0. The summed E-state index contributed by atoms with van der Waals surface area (Å²) in [6.07, 6.45) is -0.199. The number of rotatable bonds is 8. The van der Waals surface area contributed by atoms with Crippen LogP contribution in [-0.2, 0) is 14.8 Å². The predicted octanol–water partition coefficient (Wildman–Crippen LogP) is 5.55. The van der Waals surface area contributed by atoms with Gasteiger partial charge in [-0.05, 0) is 79.9 Å². The first-order valence-electron chi connectivity index (χ1n) is 10.1. The molecule has 1 atom stereocenters. The maximum atomic E-state index is 12.7. The molecule has 0 saturated heterocycles. The molecule has 0 aromatic heterocycles. The Labute approximate surface area is 193 Å². The van der Waals surface area contributed by atoms with Crippen molar-refractivity contribution in [3.63, 3.8) is 0 Å². The standard InChI is InChI=1S/C24H25ClN2O4S/c1-4-23(31-19-12-9-16(2)17(3)15-19)24(28)26-18-10-13-20(14-11-18)32(29,30)27-22-8-6-5-7-21(22)25/h5-15,23,27H,4H2,1-3H3,(H,26,28)/t23-/m1/s1. The molecule has 3 rings (SSSR count). The van der Waals surface area contributed by atoms with Crippen molar-refractivity contribution in [2.24, 2.45) is 0 Å². The van der Waals surface area contributed by atoms with E-state index in [-0.39, 0.29) is 10.8 Å². The van der Waals surface area contributed by atoms with Crippen LogP contribution >= 0.6 is 11.6 Å². The van der Waals surface area contributed by atoms with Gasteiger partial charge in [-0.2, -0.15) is 0 Å². The summed E-state index contributed by atoms with van der Waals surface area (Å²) in [6.45, 7) is 5.86. The Morgan fingerprint density at radius 3 is 2.31 bits per heavy atom. The molecule has 32 heavy (non-hydrogen) atoms. The second kappa shape index (κ2) is 10.1. The minimum absolute atomic E-state index is 0.0499. The van der Waals surface area contributed by atoms with Gasteiger partial charge in [0.1, 0.15) is 5.75 Å². The minimum Gasteiger partial charge on any atom is -0.481 e. The molecule has 0 aliphatic rings. The van der Waals surface area contributed by atoms with Crippen molar-refractivity contribution in [2.75, 3.05) is 10.0 Å². The van der Waals surface area contributed by atoms with Gasteiger partial charge in [0.25, 0.3) is 15.9 Å². The van der Waals surface area contributed by atoms with E-state index in [0.717, 1.165) is 11.1 Å². The first kappa shape index (κ1) is 23.6. The van der Waals surface area contributed by atoms with E-state index < -0.39 is 16.1 Å². The van der Waals surface area contributed by atoms with Crippen molar-refractivity contribution in [1.82, 2.24) is 0 Å². The summed E-state index contributed by atoms with van der Waals surface area (Å²) in [5.74, 6) is 0.317. The molecule has 8 heteroatoms. The Hall–Kier alpha value is -3.03. The highest BCUT2D eigenvalue weighted by molar-refractivity contribution is 7.92. The van der Waals surface area contributed by atoms with Crippen molar-refractivity contribution in [2.45, 2.75) is 38.2 Å². The molecular formula is C24H25ClN2O4S. The molecule has 0 aliphatic heterocycles. The average Bonchev–Trinajstić information content (AvgIpc) is 2.76. The number of anilines is 2. The second-order valence-corrected chi connectivity index (χ2v) is 9.45. The number of hydrogen-bond donors (Lipinski definition) is 2. The van der Waals surface area contributed by atoms with Gasteiger partial charge in [0.05, 0.1) is 15.6 Å². The normalized spacial score (nSPS) is 12.1. The quantitative estimate of drug-likeness (QED) is 0.450. The summed E-state index contributed by atoms with van der Waals surface area (Å²) >= 11 is 6.03. The van der Waals surface area contributed by atoms with Gasteiger partial charge < -0.3 is 10.1 Å². The molecule has 168 valence electrons. The number of halogens is 1. The lowest BCUT2D eigenvalue weighted by atomic mass is 10.1. The fourth-order valence-corrected chi connectivity index (χ4v) is 4.28. The van der Waals surface area contributed by atoms with Crippen LogP contribution in [0.4, 0.5) is 11.4 Å². The summed E-state index contributed by atoms with van der Waals surface area (Å²) in [4.78, 5) is 12.7.